The summed E-state index contributed by atoms with van der Waals surface area (Å²) in [5.41, 5.74) is 11.2. The van der Waals surface area contributed by atoms with Gasteiger partial charge in [0.25, 0.3) is 5.91 Å². The van der Waals surface area contributed by atoms with Gasteiger partial charge in [-0.3, -0.25) is 9.59 Å². The maximum Gasteiger partial charge on any atom is 0.272 e. The molecule has 0 saturated carbocycles. The number of nitrogens with zero attached hydrogens (tertiary/aromatic N) is 2. The number of anilines is 2. The molecule has 0 unspecified atom stereocenters. The molecule has 7 nitrogen and oxygen atoms in total. The van der Waals surface area contributed by atoms with Crippen molar-refractivity contribution in [2.45, 2.75) is 0 Å². The summed E-state index contributed by atoms with van der Waals surface area (Å²) in [5.74, 6) is 0.740. The predicted molar refractivity (Wildman–Crippen MR) is 156 cm³/mol. The van der Waals surface area contributed by atoms with Crippen LogP contribution in [-0.2, 0) is 7.05 Å². The standard InChI is InChI=1S/C29H22N4O3S2/c1-33-22-6-4-3-5-17(22)11-23(33)29(35)32-21-9-7-16(12-24(21)36-2)20-15-37-27-19(13-31-28(30)26(20)27)25-10-8-18(14-34)38-25/h3-15H,1-2H3,(H2,30,31)(H,32,35). The third kappa shape index (κ3) is 3.93. The molecule has 38 heavy (non-hydrogen) atoms. The Morgan fingerprint density at radius 2 is 1.95 bits per heavy atom. The van der Waals surface area contributed by atoms with Crippen molar-refractivity contribution in [3.63, 3.8) is 0 Å². The van der Waals surface area contributed by atoms with Crippen LogP contribution < -0.4 is 15.8 Å². The largest absolute Gasteiger partial charge is 0.495 e. The number of amides is 1. The Kier molecular flexibility index (Phi) is 5.94. The molecule has 4 heterocycles. The number of pyridine rings is 1. The third-order valence-electron chi connectivity index (χ3n) is 6.58. The Balaban J connectivity index is 1.37. The molecule has 188 valence electrons. The maximum absolute atomic E-state index is 13.2. The van der Waals surface area contributed by atoms with E-state index in [-0.39, 0.29) is 5.91 Å². The second-order valence-electron chi connectivity index (χ2n) is 8.75. The van der Waals surface area contributed by atoms with Crippen LogP contribution in [0, 0.1) is 0 Å². The number of hydrogen-bond donors (Lipinski definition) is 2. The van der Waals surface area contributed by atoms with Gasteiger partial charge in [-0.15, -0.1) is 22.7 Å². The summed E-state index contributed by atoms with van der Waals surface area (Å²) in [4.78, 5) is 30.4. The molecule has 0 atom stereocenters. The van der Waals surface area contributed by atoms with Gasteiger partial charge in [0, 0.05) is 50.2 Å². The molecular formula is C29H22N4O3S2. The lowest BCUT2D eigenvalue weighted by Crippen LogP contribution is -2.16. The molecule has 9 heteroatoms. The Labute approximate surface area is 226 Å². The number of para-hydroxylation sites is 1. The van der Waals surface area contributed by atoms with Crippen LogP contribution in [0.4, 0.5) is 11.5 Å². The lowest BCUT2D eigenvalue weighted by atomic mass is 10.0. The molecule has 0 fully saturated rings. The topological polar surface area (TPSA) is 99.2 Å². The highest BCUT2D eigenvalue weighted by molar-refractivity contribution is 7.20. The van der Waals surface area contributed by atoms with Gasteiger partial charge in [-0.05, 0) is 47.3 Å². The van der Waals surface area contributed by atoms with Crippen LogP contribution in [0.5, 0.6) is 5.75 Å². The van der Waals surface area contributed by atoms with E-state index in [2.05, 4.69) is 10.3 Å². The van der Waals surface area contributed by atoms with Crippen molar-refractivity contribution >= 4 is 67.4 Å². The SMILES string of the molecule is COc1cc(-c2csc3c(-c4ccc(C=O)s4)cnc(N)c23)ccc1NC(=O)c1cc2ccccc2n1C. The molecule has 0 spiro atoms. The first-order valence-electron chi connectivity index (χ1n) is 11.7. The van der Waals surface area contributed by atoms with Gasteiger partial charge < -0.3 is 20.4 Å². The predicted octanol–water partition coefficient (Wildman–Crippen LogP) is 6.84. The first-order chi connectivity index (χ1) is 18.5. The van der Waals surface area contributed by atoms with Crippen LogP contribution >= 0.6 is 22.7 Å². The van der Waals surface area contributed by atoms with Gasteiger partial charge >= 0.3 is 0 Å². The fourth-order valence-corrected chi connectivity index (χ4v) is 6.69. The Bertz CT molecular complexity index is 1860. The summed E-state index contributed by atoms with van der Waals surface area (Å²) in [7, 11) is 3.45. The summed E-state index contributed by atoms with van der Waals surface area (Å²) < 4.78 is 8.54. The minimum atomic E-state index is -0.223. The average molecular weight is 539 g/mol. The molecule has 1 amide bonds. The van der Waals surface area contributed by atoms with E-state index in [1.807, 2.05) is 71.6 Å². The number of carbonyl (C=O) groups excluding carboxylic acids is 2. The number of fused-ring (bicyclic) bond motifs is 2. The second kappa shape index (κ2) is 9.44. The van der Waals surface area contributed by atoms with Crippen molar-refractivity contribution in [2.75, 3.05) is 18.2 Å². The molecule has 0 radical (unpaired) electrons. The minimum absolute atomic E-state index is 0.223. The van der Waals surface area contributed by atoms with Crippen LogP contribution in [0.25, 0.3) is 42.6 Å². The number of methoxy groups -OCH3 is 1. The fraction of sp³-hybridized carbons (Fsp3) is 0.0690. The molecule has 6 rings (SSSR count). The number of aldehydes is 1. The fourth-order valence-electron chi connectivity index (χ4n) is 4.67. The normalized spacial score (nSPS) is 11.2. The molecular weight excluding hydrogens is 516 g/mol. The average Bonchev–Trinajstić information content (AvgIpc) is 3.67. The number of carbonyl (C=O) groups is 2. The number of aromatic nitrogens is 2. The zero-order chi connectivity index (χ0) is 26.4. The van der Waals surface area contributed by atoms with Gasteiger partial charge in [0.2, 0.25) is 0 Å². The van der Waals surface area contributed by atoms with Crippen molar-refractivity contribution in [3.05, 3.63) is 82.8 Å². The first kappa shape index (κ1) is 23.9. The lowest BCUT2D eigenvalue weighted by molar-refractivity contribution is 0.101. The number of benzene rings is 2. The van der Waals surface area contributed by atoms with E-state index in [0.717, 1.165) is 48.8 Å². The van der Waals surface area contributed by atoms with Crippen LogP contribution in [0.2, 0.25) is 0 Å². The van der Waals surface area contributed by atoms with E-state index in [4.69, 9.17) is 10.5 Å². The number of thiophene rings is 2. The summed E-state index contributed by atoms with van der Waals surface area (Å²) >= 11 is 3.00. The van der Waals surface area contributed by atoms with E-state index in [1.165, 1.54) is 11.3 Å². The zero-order valence-electron chi connectivity index (χ0n) is 20.5. The summed E-state index contributed by atoms with van der Waals surface area (Å²) in [5, 5.41) is 6.89. The second-order valence-corrected chi connectivity index (χ2v) is 10.7. The quantitative estimate of drug-likeness (QED) is 0.226. The number of hydrogen-bond acceptors (Lipinski definition) is 7. The zero-order valence-corrected chi connectivity index (χ0v) is 22.2. The highest BCUT2D eigenvalue weighted by Gasteiger charge is 2.19. The molecule has 0 bridgehead atoms. The number of nitrogen functional groups attached to an aromatic ring is 1. The Morgan fingerprint density at radius 3 is 2.71 bits per heavy atom. The molecule has 6 aromatic rings. The highest BCUT2D eigenvalue weighted by Crippen LogP contribution is 2.44. The highest BCUT2D eigenvalue weighted by atomic mass is 32.1. The monoisotopic (exact) mass is 538 g/mol. The number of ether oxygens (including phenoxy) is 1. The third-order valence-corrected chi connectivity index (χ3v) is 8.64. The van der Waals surface area contributed by atoms with Gasteiger partial charge in [0.1, 0.15) is 17.3 Å². The molecule has 0 aliphatic carbocycles. The molecule has 2 aromatic carbocycles. The van der Waals surface area contributed by atoms with Crippen LogP contribution in [0.1, 0.15) is 20.2 Å². The minimum Gasteiger partial charge on any atom is -0.495 e. The number of nitrogens with one attached hydrogen (secondary N) is 1. The maximum atomic E-state index is 13.2. The van der Waals surface area contributed by atoms with Crippen molar-refractivity contribution in [1.82, 2.24) is 9.55 Å². The lowest BCUT2D eigenvalue weighted by Gasteiger charge is -2.13. The van der Waals surface area contributed by atoms with Crippen molar-refractivity contribution < 1.29 is 14.3 Å². The van der Waals surface area contributed by atoms with E-state index in [0.29, 0.717) is 27.8 Å². The number of aryl methyl sites for hydroxylation is 1. The first-order valence-corrected chi connectivity index (χ1v) is 13.4. The van der Waals surface area contributed by atoms with E-state index < -0.39 is 0 Å². The van der Waals surface area contributed by atoms with E-state index in [1.54, 1.807) is 30.7 Å². The van der Waals surface area contributed by atoms with Gasteiger partial charge in [-0.2, -0.15) is 0 Å². The Morgan fingerprint density at radius 1 is 1.11 bits per heavy atom. The van der Waals surface area contributed by atoms with Crippen LogP contribution in [0.3, 0.4) is 0 Å². The Hall–Kier alpha value is -4.47. The van der Waals surface area contributed by atoms with Gasteiger partial charge in [-0.25, -0.2) is 4.98 Å². The van der Waals surface area contributed by atoms with Crippen LogP contribution in [-0.4, -0.2) is 28.9 Å². The molecule has 4 aromatic heterocycles. The van der Waals surface area contributed by atoms with Crippen LogP contribution in [0.15, 0.2) is 72.2 Å². The summed E-state index contributed by atoms with van der Waals surface area (Å²) in [6, 6.07) is 19.1. The van der Waals surface area contributed by atoms with Crippen molar-refractivity contribution in [3.8, 4) is 27.3 Å². The van der Waals surface area contributed by atoms with E-state index >= 15 is 0 Å². The van der Waals surface area contributed by atoms with Gasteiger partial charge in [0.15, 0.2) is 6.29 Å². The van der Waals surface area contributed by atoms with E-state index in [9.17, 15) is 9.59 Å². The molecule has 3 N–H and O–H groups in total. The van der Waals surface area contributed by atoms with Crippen molar-refractivity contribution in [1.29, 1.82) is 0 Å². The van der Waals surface area contributed by atoms with Gasteiger partial charge in [-0.1, -0.05) is 24.3 Å². The molecule has 0 aliphatic heterocycles. The number of rotatable bonds is 6. The molecule has 0 saturated heterocycles. The smallest absolute Gasteiger partial charge is 0.272 e. The van der Waals surface area contributed by atoms with Crippen molar-refractivity contribution in [2.24, 2.45) is 7.05 Å². The summed E-state index contributed by atoms with van der Waals surface area (Å²) in [6.45, 7) is 0. The number of nitrogens with two attached hydrogens (primary N) is 1. The molecule has 0 aliphatic rings. The summed E-state index contributed by atoms with van der Waals surface area (Å²) in [6.07, 6.45) is 2.60. The van der Waals surface area contributed by atoms with Gasteiger partial charge in [0.05, 0.1) is 17.7 Å².